The van der Waals surface area contributed by atoms with Crippen molar-refractivity contribution in [3.63, 3.8) is 0 Å². The highest BCUT2D eigenvalue weighted by Crippen LogP contribution is 2.26. The quantitative estimate of drug-likeness (QED) is 0.684. The van der Waals surface area contributed by atoms with Crippen LogP contribution in [0.2, 0.25) is 0 Å². The molecule has 1 fully saturated rings. The third kappa shape index (κ3) is 2.15. The highest BCUT2D eigenvalue weighted by molar-refractivity contribution is 6.02. The Hall–Kier alpha value is -2.24. The molecule has 1 aliphatic rings. The summed E-state index contributed by atoms with van der Waals surface area (Å²) in [6, 6.07) is 3.26. The van der Waals surface area contributed by atoms with Crippen LogP contribution in [0.1, 0.15) is 34.8 Å². The number of rotatable bonds is 2. The molecule has 3 N–H and O–H groups in total. The molecule has 0 spiro atoms. The molecule has 1 atom stereocenters. The largest absolute Gasteiger partial charge is 0.364 e. The SMILES string of the molecule is NC(=O)c1ncccc1C1CCC(=O)NC1=O. The lowest BCUT2D eigenvalue weighted by molar-refractivity contribution is -0.134. The highest BCUT2D eigenvalue weighted by atomic mass is 16.2. The Labute approximate surface area is 97.2 Å². The van der Waals surface area contributed by atoms with Crippen molar-refractivity contribution in [2.45, 2.75) is 18.8 Å². The van der Waals surface area contributed by atoms with Gasteiger partial charge in [0.2, 0.25) is 11.8 Å². The Morgan fingerprint density at radius 1 is 1.47 bits per heavy atom. The van der Waals surface area contributed by atoms with Gasteiger partial charge >= 0.3 is 0 Å². The smallest absolute Gasteiger partial charge is 0.267 e. The van der Waals surface area contributed by atoms with Crippen molar-refractivity contribution < 1.29 is 14.4 Å². The second kappa shape index (κ2) is 4.32. The van der Waals surface area contributed by atoms with Gasteiger partial charge in [-0.1, -0.05) is 6.07 Å². The number of pyridine rings is 1. The molecular weight excluding hydrogens is 222 g/mol. The number of aromatic nitrogens is 1. The van der Waals surface area contributed by atoms with E-state index in [1.807, 2.05) is 0 Å². The molecule has 6 nitrogen and oxygen atoms in total. The molecule has 2 heterocycles. The van der Waals surface area contributed by atoms with E-state index in [-0.39, 0.29) is 18.0 Å². The zero-order chi connectivity index (χ0) is 12.4. The predicted octanol–water partition coefficient (Wildman–Crippen LogP) is -0.299. The number of nitrogens with one attached hydrogen (secondary N) is 1. The molecule has 1 aliphatic heterocycles. The summed E-state index contributed by atoms with van der Waals surface area (Å²) in [5.41, 5.74) is 5.76. The van der Waals surface area contributed by atoms with Crippen LogP contribution in [0.5, 0.6) is 0 Å². The lowest BCUT2D eigenvalue weighted by atomic mass is 9.89. The van der Waals surface area contributed by atoms with Crippen molar-refractivity contribution in [1.29, 1.82) is 0 Å². The second-order valence-electron chi connectivity index (χ2n) is 3.81. The van der Waals surface area contributed by atoms with Gasteiger partial charge in [0.1, 0.15) is 5.69 Å². The molecule has 1 saturated heterocycles. The summed E-state index contributed by atoms with van der Waals surface area (Å²) >= 11 is 0. The fraction of sp³-hybridized carbons (Fsp3) is 0.273. The van der Waals surface area contributed by atoms with Gasteiger partial charge in [-0.15, -0.1) is 0 Å². The molecule has 0 aromatic carbocycles. The monoisotopic (exact) mass is 233 g/mol. The van der Waals surface area contributed by atoms with Crippen molar-refractivity contribution in [3.05, 3.63) is 29.6 Å². The average molecular weight is 233 g/mol. The number of piperidine rings is 1. The fourth-order valence-electron chi connectivity index (χ4n) is 1.90. The predicted molar refractivity (Wildman–Crippen MR) is 57.9 cm³/mol. The zero-order valence-corrected chi connectivity index (χ0v) is 8.97. The second-order valence-corrected chi connectivity index (χ2v) is 3.81. The van der Waals surface area contributed by atoms with E-state index in [9.17, 15) is 14.4 Å². The van der Waals surface area contributed by atoms with Crippen LogP contribution in [-0.2, 0) is 9.59 Å². The van der Waals surface area contributed by atoms with E-state index in [2.05, 4.69) is 10.3 Å². The Kier molecular flexibility index (Phi) is 2.86. The fourth-order valence-corrected chi connectivity index (χ4v) is 1.90. The van der Waals surface area contributed by atoms with E-state index in [0.29, 0.717) is 12.0 Å². The number of imide groups is 1. The molecule has 17 heavy (non-hydrogen) atoms. The summed E-state index contributed by atoms with van der Waals surface area (Å²) in [7, 11) is 0. The minimum absolute atomic E-state index is 0.0852. The third-order valence-corrected chi connectivity index (χ3v) is 2.69. The van der Waals surface area contributed by atoms with Gasteiger partial charge in [0.25, 0.3) is 5.91 Å². The van der Waals surface area contributed by atoms with Crippen LogP contribution in [-0.4, -0.2) is 22.7 Å². The molecule has 3 amide bonds. The van der Waals surface area contributed by atoms with Gasteiger partial charge in [-0.05, 0) is 18.1 Å². The van der Waals surface area contributed by atoms with Gasteiger partial charge < -0.3 is 5.73 Å². The molecule has 0 bridgehead atoms. The third-order valence-electron chi connectivity index (χ3n) is 2.69. The van der Waals surface area contributed by atoms with E-state index >= 15 is 0 Å². The molecule has 0 saturated carbocycles. The van der Waals surface area contributed by atoms with Crippen LogP contribution in [0.15, 0.2) is 18.3 Å². The van der Waals surface area contributed by atoms with Crippen molar-refractivity contribution in [2.75, 3.05) is 0 Å². The molecule has 1 aromatic rings. The van der Waals surface area contributed by atoms with Gasteiger partial charge in [0.15, 0.2) is 0 Å². The number of carbonyl (C=O) groups is 3. The molecule has 0 aliphatic carbocycles. The van der Waals surface area contributed by atoms with Crippen molar-refractivity contribution >= 4 is 17.7 Å². The van der Waals surface area contributed by atoms with Gasteiger partial charge in [-0.3, -0.25) is 24.7 Å². The molecule has 2 rings (SSSR count). The summed E-state index contributed by atoms with van der Waals surface area (Å²) in [5, 5.41) is 2.24. The first kappa shape index (κ1) is 11.3. The Morgan fingerprint density at radius 3 is 2.88 bits per heavy atom. The first-order chi connectivity index (χ1) is 8.09. The van der Waals surface area contributed by atoms with Crippen LogP contribution in [0.4, 0.5) is 0 Å². The summed E-state index contributed by atoms with van der Waals surface area (Å²) in [4.78, 5) is 37.8. The van der Waals surface area contributed by atoms with Crippen LogP contribution in [0, 0.1) is 0 Å². The Balaban J connectivity index is 2.37. The van der Waals surface area contributed by atoms with Crippen LogP contribution < -0.4 is 11.1 Å². The molecule has 1 unspecified atom stereocenters. The van der Waals surface area contributed by atoms with Crippen molar-refractivity contribution in [1.82, 2.24) is 10.3 Å². The molecule has 88 valence electrons. The molecule has 0 radical (unpaired) electrons. The number of hydrogen-bond acceptors (Lipinski definition) is 4. The van der Waals surface area contributed by atoms with Gasteiger partial charge in [-0.2, -0.15) is 0 Å². The van der Waals surface area contributed by atoms with Gasteiger partial charge in [0.05, 0.1) is 5.92 Å². The van der Waals surface area contributed by atoms with E-state index in [1.54, 1.807) is 12.1 Å². The van der Waals surface area contributed by atoms with E-state index in [1.165, 1.54) is 6.20 Å². The lowest BCUT2D eigenvalue weighted by Crippen LogP contribution is -2.40. The molecule has 1 aromatic heterocycles. The number of primary amides is 1. The normalized spacial score (nSPS) is 19.9. The maximum absolute atomic E-state index is 11.7. The number of amides is 3. The maximum atomic E-state index is 11.7. The summed E-state index contributed by atoms with van der Waals surface area (Å²) in [6.07, 6.45) is 2.07. The van der Waals surface area contributed by atoms with Crippen molar-refractivity contribution in [2.24, 2.45) is 5.73 Å². The minimum atomic E-state index is -0.676. The topological polar surface area (TPSA) is 102 Å². The minimum Gasteiger partial charge on any atom is -0.364 e. The van der Waals surface area contributed by atoms with Crippen LogP contribution in [0.3, 0.4) is 0 Å². The van der Waals surface area contributed by atoms with Gasteiger partial charge in [-0.25, -0.2) is 0 Å². The molecular formula is C11H11N3O3. The van der Waals surface area contributed by atoms with Crippen LogP contribution in [0.25, 0.3) is 0 Å². The number of hydrogen-bond donors (Lipinski definition) is 2. The standard InChI is InChI=1S/C11H11N3O3/c12-10(16)9-6(2-1-5-13-9)7-3-4-8(15)14-11(7)17/h1-2,5,7H,3-4H2,(H2,12,16)(H,14,15,17). The lowest BCUT2D eigenvalue weighted by Gasteiger charge is -2.21. The van der Waals surface area contributed by atoms with Gasteiger partial charge in [0, 0.05) is 12.6 Å². The van der Waals surface area contributed by atoms with Crippen molar-refractivity contribution in [3.8, 4) is 0 Å². The number of nitrogens with two attached hydrogens (primary N) is 1. The molecule has 6 heteroatoms. The summed E-state index contributed by atoms with van der Waals surface area (Å²) in [6.45, 7) is 0. The van der Waals surface area contributed by atoms with E-state index < -0.39 is 17.7 Å². The van der Waals surface area contributed by atoms with E-state index in [0.717, 1.165) is 0 Å². The van der Waals surface area contributed by atoms with Crippen LogP contribution >= 0.6 is 0 Å². The number of nitrogens with zero attached hydrogens (tertiary/aromatic N) is 1. The summed E-state index contributed by atoms with van der Waals surface area (Å²) < 4.78 is 0. The first-order valence-corrected chi connectivity index (χ1v) is 5.18. The maximum Gasteiger partial charge on any atom is 0.267 e. The highest BCUT2D eigenvalue weighted by Gasteiger charge is 2.30. The average Bonchev–Trinajstić information content (AvgIpc) is 2.29. The van der Waals surface area contributed by atoms with E-state index in [4.69, 9.17) is 5.73 Å². The Bertz CT molecular complexity index is 498. The Morgan fingerprint density at radius 2 is 2.24 bits per heavy atom. The first-order valence-electron chi connectivity index (χ1n) is 5.18. The number of carbonyl (C=O) groups excluding carboxylic acids is 3. The summed E-state index contributed by atoms with van der Waals surface area (Å²) in [5.74, 6) is -1.92. The zero-order valence-electron chi connectivity index (χ0n) is 8.97.